The van der Waals surface area contributed by atoms with Crippen molar-refractivity contribution in [2.75, 3.05) is 7.11 Å². The van der Waals surface area contributed by atoms with Gasteiger partial charge in [-0.05, 0) is 0 Å². The summed E-state index contributed by atoms with van der Waals surface area (Å²) in [7, 11) is 1.37. The molecule has 0 aliphatic rings. The Kier molecular flexibility index (Phi) is 4.73. The molecule has 0 atom stereocenters. The second-order valence-electron chi connectivity index (χ2n) is 5.02. The molecule has 0 bridgehead atoms. The zero-order chi connectivity index (χ0) is 14.5. The topological polar surface area (TPSA) is 75.1 Å². The number of nitrogens with zero attached hydrogens (tertiary/aromatic N) is 3. The van der Waals surface area contributed by atoms with Crippen LogP contribution in [0.25, 0.3) is 5.53 Å². The van der Waals surface area contributed by atoms with E-state index < -0.39 is 5.41 Å². The highest BCUT2D eigenvalue weighted by atomic mass is 16.6. The second-order valence-corrected chi connectivity index (χ2v) is 5.02. The maximum atomic E-state index is 12.3. The Bertz CT molecular complexity index is 536. The van der Waals surface area contributed by atoms with Gasteiger partial charge in [0.2, 0.25) is 5.71 Å². The maximum absolute atomic E-state index is 12.3. The molecule has 19 heavy (non-hydrogen) atoms. The molecule has 1 aromatic carbocycles. The molecule has 1 rings (SSSR count). The van der Waals surface area contributed by atoms with Crippen molar-refractivity contribution in [2.24, 2.45) is 10.6 Å². The van der Waals surface area contributed by atoms with Crippen molar-refractivity contribution in [2.45, 2.75) is 20.8 Å². The lowest BCUT2D eigenvalue weighted by Gasteiger charge is -2.13. The molecule has 0 fully saturated rings. The zero-order valence-corrected chi connectivity index (χ0v) is 11.5. The van der Waals surface area contributed by atoms with E-state index in [1.165, 1.54) is 7.11 Å². The van der Waals surface area contributed by atoms with Crippen molar-refractivity contribution < 1.29 is 14.4 Å². The van der Waals surface area contributed by atoms with Gasteiger partial charge in [-0.15, -0.1) is 0 Å². The Morgan fingerprint density at radius 3 is 2.26 bits per heavy atom. The summed E-state index contributed by atoms with van der Waals surface area (Å²) in [5, 5.41) is 3.81. The minimum absolute atomic E-state index is 0.111. The van der Waals surface area contributed by atoms with Crippen molar-refractivity contribution in [1.82, 2.24) is 0 Å². The summed E-state index contributed by atoms with van der Waals surface area (Å²) in [4.78, 5) is 20.1. The van der Waals surface area contributed by atoms with E-state index in [0.29, 0.717) is 5.56 Å². The van der Waals surface area contributed by atoms with Crippen molar-refractivity contribution in [3.8, 4) is 0 Å². The van der Waals surface area contributed by atoms with Crippen LogP contribution in [0.2, 0.25) is 0 Å². The van der Waals surface area contributed by atoms with E-state index in [4.69, 9.17) is 10.4 Å². The SMILES string of the molecule is CO/N=C(\C(=[N+]=[N-])C(=O)C(C)(C)C)c1ccccc1. The second kappa shape index (κ2) is 6.07. The summed E-state index contributed by atoms with van der Waals surface area (Å²) >= 11 is 0. The predicted molar refractivity (Wildman–Crippen MR) is 73.1 cm³/mol. The first-order chi connectivity index (χ1) is 8.91. The van der Waals surface area contributed by atoms with Crippen molar-refractivity contribution in [3.63, 3.8) is 0 Å². The molecule has 0 aliphatic carbocycles. The van der Waals surface area contributed by atoms with Gasteiger partial charge in [0, 0.05) is 11.0 Å². The quantitative estimate of drug-likeness (QED) is 0.360. The summed E-state index contributed by atoms with van der Waals surface area (Å²) in [6.07, 6.45) is 0. The number of Topliss-reactive ketones (excluding diaryl/α,β-unsaturated/α-hetero) is 1. The minimum Gasteiger partial charge on any atom is -0.398 e. The molecular formula is C14H17N3O2. The van der Waals surface area contributed by atoms with Crippen LogP contribution < -0.4 is 0 Å². The van der Waals surface area contributed by atoms with Crippen LogP contribution in [0, 0.1) is 5.41 Å². The number of hydrogen-bond acceptors (Lipinski definition) is 3. The molecule has 1 aromatic rings. The number of hydrogen-bond donors (Lipinski definition) is 0. The third-order valence-electron chi connectivity index (χ3n) is 2.45. The fourth-order valence-electron chi connectivity index (χ4n) is 1.48. The molecule has 0 unspecified atom stereocenters. The van der Waals surface area contributed by atoms with Gasteiger partial charge in [-0.2, -0.15) is 4.79 Å². The van der Waals surface area contributed by atoms with Gasteiger partial charge in [0.1, 0.15) is 7.11 Å². The van der Waals surface area contributed by atoms with Crippen LogP contribution in [0.5, 0.6) is 0 Å². The first-order valence-corrected chi connectivity index (χ1v) is 5.85. The van der Waals surface area contributed by atoms with Gasteiger partial charge in [-0.1, -0.05) is 56.3 Å². The molecule has 0 aromatic heterocycles. The van der Waals surface area contributed by atoms with Crippen LogP contribution in [-0.2, 0) is 9.63 Å². The maximum Gasteiger partial charge on any atom is 0.387 e. The third-order valence-corrected chi connectivity index (χ3v) is 2.45. The lowest BCUT2D eigenvalue weighted by molar-refractivity contribution is -0.123. The molecule has 0 radical (unpaired) electrons. The standard InChI is InChI=1S/C14H17N3O2/c1-14(2,3)13(18)12(16-15)11(17-19-4)10-8-6-5-7-9-10/h5-9H,1-4H3/b17-11-. The molecule has 0 aliphatic heterocycles. The van der Waals surface area contributed by atoms with Crippen molar-refractivity contribution in [3.05, 3.63) is 41.4 Å². The molecule has 5 heteroatoms. The van der Waals surface area contributed by atoms with E-state index in [0.717, 1.165) is 0 Å². The van der Waals surface area contributed by atoms with Crippen LogP contribution >= 0.6 is 0 Å². The Morgan fingerprint density at radius 2 is 1.84 bits per heavy atom. The Hall–Kier alpha value is -2.26. The minimum atomic E-state index is -0.676. The van der Waals surface area contributed by atoms with Gasteiger partial charge < -0.3 is 10.4 Å². The van der Waals surface area contributed by atoms with Gasteiger partial charge in [-0.25, -0.2) is 0 Å². The zero-order valence-electron chi connectivity index (χ0n) is 11.5. The number of oxime groups is 1. The smallest absolute Gasteiger partial charge is 0.387 e. The number of carbonyl (C=O) groups excluding carboxylic acids is 1. The molecule has 0 amide bonds. The van der Waals surface area contributed by atoms with E-state index >= 15 is 0 Å². The average molecular weight is 259 g/mol. The van der Waals surface area contributed by atoms with Gasteiger partial charge in [0.15, 0.2) is 0 Å². The molecule has 0 saturated heterocycles. The normalized spacial score (nSPS) is 11.7. The first-order valence-electron chi connectivity index (χ1n) is 5.85. The lowest BCUT2D eigenvalue weighted by atomic mass is 9.85. The summed E-state index contributed by atoms with van der Waals surface area (Å²) in [6.45, 7) is 5.24. The summed E-state index contributed by atoms with van der Waals surface area (Å²) < 4.78 is 0. The monoisotopic (exact) mass is 259 g/mol. The van der Waals surface area contributed by atoms with Gasteiger partial charge in [0.25, 0.3) is 5.78 Å². The van der Waals surface area contributed by atoms with Gasteiger partial charge in [-0.3, -0.25) is 4.79 Å². The number of ketones is 1. The molecule has 100 valence electrons. The molecule has 5 nitrogen and oxygen atoms in total. The fourth-order valence-corrected chi connectivity index (χ4v) is 1.48. The van der Waals surface area contributed by atoms with E-state index in [9.17, 15) is 4.79 Å². The average Bonchev–Trinajstić information content (AvgIpc) is 2.38. The highest BCUT2D eigenvalue weighted by Crippen LogP contribution is 2.17. The summed E-state index contributed by atoms with van der Waals surface area (Å²) in [5.74, 6) is -0.311. The van der Waals surface area contributed by atoms with Crippen LogP contribution in [0.1, 0.15) is 26.3 Å². The predicted octanol–water partition coefficient (Wildman–Crippen LogP) is 2.32. The molecule has 0 heterocycles. The van der Waals surface area contributed by atoms with Crippen LogP contribution in [0.4, 0.5) is 0 Å². The molecular weight excluding hydrogens is 242 g/mol. The first kappa shape index (κ1) is 14.8. The summed E-state index contributed by atoms with van der Waals surface area (Å²) in [5.41, 5.74) is 9.22. The Labute approximate surface area is 112 Å². The lowest BCUT2D eigenvalue weighted by Crippen LogP contribution is -2.35. The molecule has 0 spiro atoms. The fraction of sp³-hybridized carbons (Fsp3) is 0.357. The van der Waals surface area contributed by atoms with E-state index in [2.05, 4.69) is 9.95 Å². The number of benzene rings is 1. The van der Waals surface area contributed by atoms with E-state index in [1.54, 1.807) is 45.0 Å². The molecule has 0 N–H and O–H groups in total. The van der Waals surface area contributed by atoms with Crippen molar-refractivity contribution in [1.29, 1.82) is 0 Å². The number of carbonyl (C=O) groups is 1. The van der Waals surface area contributed by atoms with Crippen molar-refractivity contribution >= 4 is 17.2 Å². The third kappa shape index (κ3) is 3.60. The van der Waals surface area contributed by atoms with E-state index in [-0.39, 0.29) is 17.2 Å². The van der Waals surface area contributed by atoms with E-state index in [1.807, 2.05) is 6.07 Å². The Balaban J connectivity index is 3.32. The van der Waals surface area contributed by atoms with Crippen LogP contribution in [-0.4, -0.2) is 29.1 Å². The Morgan fingerprint density at radius 1 is 1.26 bits per heavy atom. The van der Waals surface area contributed by atoms with Crippen LogP contribution in [0.3, 0.4) is 0 Å². The highest BCUT2D eigenvalue weighted by Gasteiger charge is 2.37. The van der Waals surface area contributed by atoms with Gasteiger partial charge in [0.05, 0.1) is 0 Å². The summed E-state index contributed by atoms with van der Waals surface area (Å²) in [6, 6.07) is 8.97. The molecule has 0 saturated carbocycles. The van der Waals surface area contributed by atoms with Gasteiger partial charge >= 0.3 is 5.71 Å². The number of rotatable bonds is 4. The largest absolute Gasteiger partial charge is 0.398 e. The highest BCUT2D eigenvalue weighted by molar-refractivity contribution is 6.69. The van der Waals surface area contributed by atoms with Crippen LogP contribution in [0.15, 0.2) is 35.5 Å².